The normalized spacial score (nSPS) is 11.9. The minimum Gasteiger partial charge on any atom is -0.207 e. The monoisotopic (exact) mass is 341 g/mol. The van der Waals surface area contributed by atoms with Crippen LogP contribution in [0, 0.1) is 5.82 Å². The lowest BCUT2D eigenvalue weighted by Gasteiger charge is -1.99. The van der Waals surface area contributed by atoms with Gasteiger partial charge < -0.3 is 0 Å². The fraction of sp³-hybridized carbons (Fsp3) is 0. The number of sulfonamides is 1. The van der Waals surface area contributed by atoms with Gasteiger partial charge in [-0.15, -0.1) is 0 Å². The molecule has 0 unspecified atom stereocenters. The summed E-state index contributed by atoms with van der Waals surface area (Å²) in [6.45, 7) is 0. The van der Waals surface area contributed by atoms with Crippen LogP contribution in [0.4, 0.5) is 4.39 Å². The van der Waals surface area contributed by atoms with E-state index in [-0.39, 0.29) is 10.7 Å². The maximum Gasteiger partial charge on any atom is 0.282 e. The molecule has 2 rings (SSSR count). The van der Waals surface area contributed by atoms with E-state index < -0.39 is 10.0 Å². The van der Waals surface area contributed by atoms with Crippen molar-refractivity contribution < 1.29 is 12.8 Å². The fourth-order valence-corrected chi connectivity index (χ4v) is 2.83. The summed E-state index contributed by atoms with van der Waals surface area (Å²) < 4.78 is 40.8. The van der Waals surface area contributed by atoms with Gasteiger partial charge in [0.1, 0.15) is 5.82 Å². The van der Waals surface area contributed by atoms with Crippen LogP contribution in [-0.2, 0) is 10.0 Å². The minimum atomic E-state index is -3.75. The van der Waals surface area contributed by atoms with Crippen LogP contribution in [0.15, 0.2) is 62.3 Å². The molecule has 0 aliphatic rings. The van der Waals surface area contributed by atoms with Crippen LogP contribution < -0.4 is 0 Å². The Labute approximate surface area is 119 Å². The van der Waals surface area contributed by atoms with Gasteiger partial charge in [0.05, 0.1) is 4.90 Å². The molecule has 0 amide bonds. The van der Waals surface area contributed by atoms with Crippen molar-refractivity contribution in [2.45, 2.75) is 4.90 Å². The Hall–Kier alpha value is -1.53. The standard InChI is InChI=1S/C13H9BrFNO2S/c14-11-2-1-3-13(8-11)19(17,18)16-9-10-4-6-12(15)7-5-10/h1-9H/b16-9+. The lowest BCUT2D eigenvalue weighted by Crippen LogP contribution is -1.97. The molecule has 98 valence electrons. The number of halogens is 2. The van der Waals surface area contributed by atoms with Gasteiger partial charge in [-0.25, -0.2) is 4.39 Å². The molecule has 0 saturated heterocycles. The molecular weight excluding hydrogens is 333 g/mol. The highest BCUT2D eigenvalue weighted by atomic mass is 79.9. The van der Waals surface area contributed by atoms with E-state index in [9.17, 15) is 12.8 Å². The smallest absolute Gasteiger partial charge is 0.207 e. The molecule has 0 bridgehead atoms. The third kappa shape index (κ3) is 3.71. The average molecular weight is 342 g/mol. The topological polar surface area (TPSA) is 46.5 Å². The third-order valence-electron chi connectivity index (χ3n) is 2.30. The molecule has 2 aromatic carbocycles. The maximum atomic E-state index is 12.7. The van der Waals surface area contributed by atoms with E-state index in [0.29, 0.717) is 10.0 Å². The highest BCUT2D eigenvalue weighted by Gasteiger charge is 2.11. The summed E-state index contributed by atoms with van der Waals surface area (Å²) in [4.78, 5) is 0.0974. The third-order valence-corrected chi connectivity index (χ3v) is 4.03. The van der Waals surface area contributed by atoms with Crippen LogP contribution in [0.2, 0.25) is 0 Å². The molecule has 2 aromatic rings. The first-order valence-corrected chi connectivity index (χ1v) is 7.52. The second-order valence-corrected chi connectivity index (χ2v) is 6.27. The van der Waals surface area contributed by atoms with Crippen molar-refractivity contribution in [3.63, 3.8) is 0 Å². The quantitative estimate of drug-likeness (QED) is 0.803. The number of hydrogen-bond acceptors (Lipinski definition) is 2. The van der Waals surface area contributed by atoms with Crippen LogP contribution in [0.25, 0.3) is 0 Å². The Balaban J connectivity index is 2.29. The Morgan fingerprint density at radius 3 is 2.42 bits per heavy atom. The van der Waals surface area contributed by atoms with Crippen molar-refractivity contribution in [1.29, 1.82) is 0 Å². The molecule has 6 heteroatoms. The zero-order valence-corrected chi connectivity index (χ0v) is 12.0. The summed E-state index contributed by atoms with van der Waals surface area (Å²) in [6, 6.07) is 11.7. The van der Waals surface area contributed by atoms with Gasteiger partial charge in [0.25, 0.3) is 10.0 Å². The lowest BCUT2D eigenvalue weighted by molar-refractivity contribution is 0.598. The first-order valence-electron chi connectivity index (χ1n) is 5.29. The fourth-order valence-electron chi connectivity index (χ4n) is 1.37. The molecule has 0 fully saturated rings. The van der Waals surface area contributed by atoms with E-state index in [1.807, 2.05) is 0 Å². The van der Waals surface area contributed by atoms with Crippen molar-refractivity contribution in [3.8, 4) is 0 Å². The number of rotatable bonds is 3. The van der Waals surface area contributed by atoms with Gasteiger partial charge >= 0.3 is 0 Å². The second kappa shape index (κ2) is 5.63. The second-order valence-electron chi connectivity index (χ2n) is 3.72. The molecule has 0 heterocycles. The first-order chi connectivity index (χ1) is 8.97. The van der Waals surface area contributed by atoms with E-state index >= 15 is 0 Å². The summed E-state index contributed by atoms with van der Waals surface area (Å²) in [7, 11) is -3.75. The molecule has 0 saturated carbocycles. The molecule has 0 spiro atoms. The minimum absolute atomic E-state index is 0.0974. The number of hydrogen-bond donors (Lipinski definition) is 0. The molecule has 0 atom stereocenters. The number of benzene rings is 2. The van der Waals surface area contributed by atoms with Gasteiger partial charge in [-0.1, -0.05) is 34.1 Å². The van der Waals surface area contributed by atoms with Gasteiger partial charge in [0.15, 0.2) is 0 Å². The van der Waals surface area contributed by atoms with Gasteiger partial charge in [0, 0.05) is 10.7 Å². The Morgan fingerprint density at radius 2 is 1.79 bits per heavy atom. The van der Waals surface area contributed by atoms with Crippen LogP contribution in [0.3, 0.4) is 0 Å². The van der Waals surface area contributed by atoms with Crippen LogP contribution >= 0.6 is 15.9 Å². The average Bonchev–Trinajstić information content (AvgIpc) is 2.38. The molecule has 0 aliphatic heterocycles. The molecular formula is C13H9BrFNO2S. The SMILES string of the molecule is O=S(=O)(/N=C/c1ccc(F)cc1)c1cccc(Br)c1. The zero-order valence-electron chi connectivity index (χ0n) is 9.62. The van der Waals surface area contributed by atoms with E-state index in [1.54, 1.807) is 12.1 Å². The van der Waals surface area contributed by atoms with Crippen LogP contribution in [-0.4, -0.2) is 14.6 Å². The van der Waals surface area contributed by atoms with Crippen molar-refractivity contribution in [2.75, 3.05) is 0 Å². The summed E-state index contributed by atoms with van der Waals surface area (Å²) in [5.41, 5.74) is 0.514. The predicted octanol–water partition coefficient (Wildman–Crippen LogP) is 3.40. The first kappa shape index (κ1) is 13.9. The van der Waals surface area contributed by atoms with Gasteiger partial charge in [-0.2, -0.15) is 12.8 Å². The van der Waals surface area contributed by atoms with Gasteiger partial charge in [0.2, 0.25) is 0 Å². The molecule has 3 nitrogen and oxygen atoms in total. The van der Waals surface area contributed by atoms with Gasteiger partial charge in [-0.3, -0.25) is 0 Å². The summed E-state index contributed by atoms with van der Waals surface area (Å²) in [5.74, 6) is -0.382. The zero-order chi connectivity index (χ0) is 13.9. The molecule has 0 radical (unpaired) electrons. The predicted molar refractivity (Wildman–Crippen MR) is 75.3 cm³/mol. The van der Waals surface area contributed by atoms with Crippen LogP contribution in [0.1, 0.15) is 5.56 Å². The van der Waals surface area contributed by atoms with Crippen LogP contribution in [0.5, 0.6) is 0 Å². The summed E-state index contributed by atoms with van der Waals surface area (Å²) in [6.07, 6.45) is 1.19. The van der Waals surface area contributed by atoms with Crippen molar-refractivity contribution in [2.24, 2.45) is 4.40 Å². The Bertz CT molecular complexity index is 712. The maximum absolute atomic E-state index is 12.7. The molecule has 0 aromatic heterocycles. The van der Waals surface area contributed by atoms with Crippen molar-refractivity contribution >= 4 is 32.2 Å². The van der Waals surface area contributed by atoms with E-state index in [4.69, 9.17) is 0 Å². The number of nitrogens with zero attached hydrogens (tertiary/aromatic N) is 1. The van der Waals surface area contributed by atoms with Crippen molar-refractivity contribution in [1.82, 2.24) is 0 Å². The highest BCUT2D eigenvalue weighted by Crippen LogP contribution is 2.17. The van der Waals surface area contributed by atoms with E-state index in [1.165, 1.54) is 42.6 Å². The Morgan fingerprint density at radius 1 is 1.11 bits per heavy atom. The van der Waals surface area contributed by atoms with Gasteiger partial charge in [-0.05, 0) is 35.9 Å². The molecule has 19 heavy (non-hydrogen) atoms. The molecule has 0 N–H and O–H groups in total. The van der Waals surface area contributed by atoms with E-state index in [0.717, 1.165) is 0 Å². The largest absolute Gasteiger partial charge is 0.282 e. The molecule has 0 aliphatic carbocycles. The van der Waals surface area contributed by atoms with E-state index in [2.05, 4.69) is 20.3 Å². The summed E-state index contributed by atoms with van der Waals surface area (Å²) >= 11 is 3.20. The van der Waals surface area contributed by atoms with Crippen molar-refractivity contribution in [3.05, 3.63) is 64.4 Å². The highest BCUT2D eigenvalue weighted by molar-refractivity contribution is 9.10. The summed E-state index contributed by atoms with van der Waals surface area (Å²) in [5, 5.41) is 0. The lowest BCUT2D eigenvalue weighted by atomic mass is 10.2. The Kier molecular flexibility index (Phi) is 4.11.